The number of phenols is 1. The number of allylic oxidation sites excluding steroid dienone is 6. The number of carbonyl (C=O) groups is 4. The molecule has 2 heterocycles. The number of hydrogen-bond donors (Lipinski definition) is 1. The number of likely N-dealkylation sites (tertiary alicyclic amines) is 1. The Morgan fingerprint density at radius 3 is 2.66 bits per heavy atom. The van der Waals surface area contributed by atoms with Gasteiger partial charge in [0.2, 0.25) is 11.8 Å². The summed E-state index contributed by atoms with van der Waals surface area (Å²) >= 11 is 3.51. The lowest BCUT2D eigenvalue weighted by molar-refractivity contribution is -0.140. The Morgan fingerprint density at radius 2 is 1.95 bits per heavy atom. The molecule has 7 nitrogen and oxygen atoms in total. The van der Waals surface area contributed by atoms with Gasteiger partial charge in [0.25, 0.3) is 0 Å². The molecule has 4 atom stereocenters. The first-order chi connectivity index (χ1) is 18.2. The monoisotopic (exact) mass is 641 g/mol. The minimum absolute atomic E-state index is 0.000917. The van der Waals surface area contributed by atoms with E-state index in [4.69, 9.17) is 4.74 Å². The van der Waals surface area contributed by atoms with Crippen LogP contribution in [-0.2, 0) is 25.7 Å². The van der Waals surface area contributed by atoms with Crippen molar-refractivity contribution in [3.8, 4) is 11.5 Å². The minimum Gasteiger partial charge on any atom is -0.504 e. The van der Waals surface area contributed by atoms with Crippen molar-refractivity contribution in [1.29, 1.82) is 0 Å². The fourth-order valence-corrected chi connectivity index (χ4v) is 7.75. The quantitative estimate of drug-likeness (QED) is 0.225. The molecule has 0 unspecified atom stereocenters. The lowest BCUT2D eigenvalue weighted by atomic mass is 9.59. The molecule has 2 aromatic rings. The summed E-state index contributed by atoms with van der Waals surface area (Å²) in [6.45, 7) is 1.88. The number of amides is 2. The van der Waals surface area contributed by atoms with Crippen LogP contribution in [0.3, 0.4) is 0 Å². The fraction of sp³-hybridized carbons (Fsp3) is 0.310. The Balaban J connectivity index is 1.48. The second-order valence-electron chi connectivity index (χ2n) is 10.1. The molecule has 0 radical (unpaired) electrons. The average molecular weight is 641 g/mol. The van der Waals surface area contributed by atoms with Crippen LogP contribution in [-0.4, -0.2) is 40.5 Å². The van der Waals surface area contributed by atoms with Gasteiger partial charge in [-0.1, -0.05) is 17.7 Å². The number of phenolic OH excluding ortho intramolecular Hbond substituents is 1. The van der Waals surface area contributed by atoms with E-state index in [0.29, 0.717) is 32.3 Å². The highest BCUT2D eigenvalue weighted by Gasteiger charge is 2.56. The van der Waals surface area contributed by atoms with Crippen LogP contribution in [0.15, 0.2) is 64.1 Å². The van der Waals surface area contributed by atoms with Gasteiger partial charge in [0, 0.05) is 27.5 Å². The molecule has 1 N–H and O–H groups in total. The van der Waals surface area contributed by atoms with Gasteiger partial charge in [0.05, 0.1) is 29.1 Å². The van der Waals surface area contributed by atoms with Crippen LogP contribution in [0.2, 0.25) is 0 Å². The average Bonchev–Trinajstić information content (AvgIpc) is 3.50. The zero-order chi connectivity index (χ0) is 26.9. The molecule has 1 fully saturated rings. The SMILES string of the molecule is COc1cc([C@H]2C3=CC[C@@H]4C(=O)N(Cc5cccs5)C(=O)[C@@H]4[C@@H]3CC3=C2C(=O)C(C)=CC3=O)cc(I)c1O. The number of nitrogens with zero attached hydrogens (tertiary/aromatic N) is 1. The van der Waals surface area contributed by atoms with Crippen LogP contribution in [0, 0.1) is 21.3 Å². The zero-order valence-corrected chi connectivity index (χ0v) is 23.7. The van der Waals surface area contributed by atoms with E-state index in [-0.39, 0.29) is 53.8 Å². The molecule has 38 heavy (non-hydrogen) atoms. The first kappa shape index (κ1) is 25.2. The van der Waals surface area contributed by atoms with Crippen molar-refractivity contribution in [1.82, 2.24) is 4.90 Å². The lowest BCUT2D eigenvalue weighted by Crippen LogP contribution is -2.39. The van der Waals surface area contributed by atoms with E-state index in [2.05, 4.69) is 0 Å². The van der Waals surface area contributed by atoms with Crippen LogP contribution in [0.25, 0.3) is 0 Å². The fourth-order valence-electron chi connectivity index (χ4n) is 6.44. The van der Waals surface area contributed by atoms with Gasteiger partial charge in [-0.05, 0) is 83.5 Å². The molecule has 9 heteroatoms. The van der Waals surface area contributed by atoms with Crippen molar-refractivity contribution in [2.75, 3.05) is 7.11 Å². The molecule has 0 saturated carbocycles. The standard InChI is InChI=1S/C29H24INO6S/c1-13-8-21(32)19-11-18-16(23(25(19)26(13)33)14-9-20(30)27(34)22(10-14)37-2)5-6-17-24(18)29(36)31(28(17)35)12-15-4-3-7-38-15/h3-5,7-10,17-18,23-24,34H,6,11-12H2,1-2H3/t17-,18+,23-,24-/m0/s1. The zero-order valence-electron chi connectivity index (χ0n) is 20.7. The Hall–Kier alpha value is -3.05. The maximum atomic E-state index is 13.8. The van der Waals surface area contributed by atoms with Crippen LogP contribution in [0.1, 0.15) is 36.1 Å². The molecule has 1 aromatic heterocycles. The summed E-state index contributed by atoms with van der Waals surface area (Å²) in [6.07, 6.45) is 4.01. The highest BCUT2D eigenvalue weighted by atomic mass is 127. The Morgan fingerprint density at radius 1 is 1.16 bits per heavy atom. The van der Waals surface area contributed by atoms with E-state index < -0.39 is 17.8 Å². The summed E-state index contributed by atoms with van der Waals surface area (Å²) < 4.78 is 5.95. The molecule has 1 saturated heterocycles. The molecule has 3 aliphatic carbocycles. The number of Topliss-reactive ketones (excluding diaryl/α,β-unsaturated/α-hetero) is 1. The Kier molecular flexibility index (Phi) is 6.18. The maximum Gasteiger partial charge on any atom is 0.234 e. The lowest BCUT2D eigenvalue weighted by Gasteiger charge is -2.42. The van der Waals surface area contributed by atoms with Gasteiger partial charge in [0.15, 0.2) is 23.1 Å². The van der Waals surface area contributed by atoms with E-state index in [1.807, 2.05) is 46.2 Å². The van der Waals surface area contributed by atoms with E-state index in [9.17, 15) is 24.3 Å². The first-order valence-corrected chi connectivity index (χ1v) is 14.3. The topological polar surface area (TPSA) is 101 Å². The second-order valence-corrected chi connectivity index (χ2v) is 12.3. The number of rotatable bonds is 4. The molecular weight excluding hydrogens is 617 g/mol. The summed E-state index contributed by atoms with van der Waals surface area (Å²) in [7, 11) is 1.46. The number of thiophene rings is 1. The number of imide groups is 1. The van der Waals surface area contributed by atoms with Crippen molar-refractivity contribution in [3.63, 3.8) is 0 Å². The highest BCUT2D eigenvalue weighted by molar-refractivity contribution is 14.1. The number of hydrogen-bond acceptors (Lipinski definition) is 7. The minimum atomic E-state index is -0.591. The van der Waals surface area contributed by atoms with Crippen molar-refractivity contribution in [2.45, 2.75) is 32.2 Å². The third-order valence-corrected chi connectivity index (χ3v) is 9.84. The molecule has 4 aliphatic rings. The van der Waals surface area contributed by atoms with Crippen molar-refractivity contribution in [3.05, 3.63) is 78.1 Å². The summed E-state index contributed by atoms with van der Waals surface area (Å²) in [5.41, 5.74) is 2.79. The van der Waals surface area contributed by atoms with Crippen LogP contribution < -0.4 is 4.74 Å². The van der Waals surface area contributed by atoms with Crippen LogP contribution >= 0.6 is 33.9 Å². The van der Waals surface area contributed by atoms with Gasteiger partial charge in [-0.25, -0.2) is 0 Å². The van der Waals surface area contributed by atoms with Crippen LogP contribution in [0.4, 0.5) is 0 Å². The molecule has 194 valence electrons. The molecule has 1 aliphatic heterocycles. The Bertz CT molecular complexity index is 1520. The first-order valence-electron chi connectivity index (χ1n) is 12.4. The number of fused-ring (bicyclic) bond motifs is 3. The third kappa shape index (κ3) is 3.73. The van der Waals surface area contributed by atoms with Gasteiger partial charge in [0.1, 0.15) is 0 Å². The molecule has 1 aromatic carbocycles. The molecule has 2 amide bonds. The highest BCUT2D eigenvalue weighted by Crippen LogP contribution is 2.56. The van der Waals surface area contributed by atoms with Crippen LogP contribution in [0.5, 0.6) is 11.5 Å². The number of halogens is 1. The molecule has 6 rings (SSSR count). The Labute approximate surface area is 237 Å². The predicted octanol–water partition coefficient (Wildman–Crippen LogP) is 4.70. The number of aromatic hydroxyl groups is 1. The number of ether oxygens (including phenoxy) is 1. The predicted molar refractivity (Wildman–Crippen MR) is 149 cm³/mol. The summed E-state index contributed by atoms with van der Waals surface area (Å²) in [5, 5.41) is 12.4. The van der Waals surface area contributed by atoms with Gasteiger partial charge >= 0.3 is 0 Å². The third-order valence-electron chi connectivity index (χ3n) is 8.15. The normalized spacial score (nSPS) is 26.7. The number of carbonyl (C=O) groups excluding carboxylic acids is 4. The van der Waals surface area contributed by atoms with E-state index >= 15 is 0 Å². The van der Waals surface area contributed by atoms with Gasteiger partial charge in [-0.2, -0.15) is 0 Å². The van der Waals surface area contributed by atoms with Gasteiger partial charge in [-0.15, -0.1) is 11.3 Å². The molecular formula is C29H24INO6S. The number of ketones is 2. The van der Waals surface area contributed by atoms with Crippen molar-refractivity contribution >= 4 is 57.3 Å². The van der Waals surface area contributed by atoms with Crippen molar-refractivity contribution < 1.29 is 29.0 Å². The molecule has 0 bridgehead atoms. The van der Waals surface area contributed by atoms with E-state index in [1.165, 1.54) is 29.4 Å². The number of methoxy groups -OCH3 is 1. The largest absolute Gasteiger partial charge is 0.504 e. The van der Waals surface area contributed by atoms with E-state index in [0.717, 1.165) is 10.5 Å². The van der Waals surface area contributed by atoms with Crippen molar-refractivity contribution in [2.24, 2.45) is 17.8 Å². The molecule has 0 spiro atoms. The summed E-state index contributed by atoms with van der Waals surface area (Å²) in [4.78, 5) is 56.3. The maximum absolute atomic E-state index is 13.8. The summed E-state index contributed by atoms with van der Waals surface area (Å²) in [5.74, 6) is -2.59. The summed E-state index contributed by atoms with van der Waals surface area (Å²) in [6, 6.07) is 7.29. The van der Waals surface area contributed by atoms with Gasteiger partial charge in [-0.3, -0.25) is 24.1 Å². The van der Waals surface area contributed by atoms with E-state index in [1.54, 1.807) is 19.1 Å². The second kappa shape index (κ2) is 9.30. The smallest absolute Gasteiger partial charge is 0.234 e. The van der Waals surface area contributed by atoms with Gasteiger partial charge < -0.3 is 9.84 Å². The number of benzene rings is 1.